The molecule has 4 nitrogen and oxygen atoms in total. The van der Waals surface area contributed by atoms with Crippen LogP contribution in [0.4, 0.5) is 0 Å². The fourth-order valence-electron chi connectivity index (χ4n) is 0.620. The topological polar surface area (TPSA) is 67.2 Å². The average Bonchev–Trinajstić information content (AvgIpc) is 2.47. The molecular formula is C6H6BrN3OS2. The van der Waals surface area contributed by atoms with Gasteiger partial charge in [-0.3, -0.25) is 15.6 Å². The summed E-state index contributed by atoms with van der Waals surface area (Å²) in [6.45, 7) is 0. The number of rotatable bonds is 1. The molecule has 1 aromatic heterocycles. The molecule has 1 rings (SSSR count). The first-order valence-electron chi connectivity index (χ1n) is 3.19. The average molecular weight is 280 g/mol. The molecule has 0 aliphatic rings. The Labute approximate surface area is 92.6 Å². The van der Waals surface area contributed by atoms with Gasteiger partial charge < -0.3 is 5.73 Å². The SMILES string of the molecule is NC(=S)NNC(=O)c1csc(Br)c1. The molecule has 0 aliphatic heterocycles. The second kappa shape index (κ2) is 4.54. The predicted molar refractivity (Wildman–Crippen MR) is 59.4 cm³/mol. The molecule has 0 atom stereocenters. The van der Waals surface area contributed by atoms with Crippen LogP contribution in [-0.2, 0) is 0 Å². The van der Waals surface area contributed by atoms with Crippen molar-refractivity contribution in [3.63, 3.8) is 0 Å². The lowest BCUT2D eigenvalue weighted by molar-refractivity contribution is 0.0944. The van der Waals surface area contributed by atoms with Crippen molar-refractivity contribution >= 4 is 50.5 Å². The van der Waals surface area contributed by atoms with Crippen LogP contribution in [0.2, 0.25) is 0 Å². The fraction of sp³-hybridized carbons (Fsp3) is 0. The van der Waals surface area contributed by atoms with Gasteiger partial charge in [0.25, 0.3) is 5.91 Å². The maximum absolute atomic E-state index is 11.3. The van der Waals surface area contributed by atoms with E-state index in [0.717, 1.165) is 3.79 Å². The number of nitrogens with two attached hydrogens (primary N) is 1. The van der Waals surface area contributed by atoms with Crippen LogP contribution < -0.4 is 16.6 Å². The molecule has 7 heteroatoms. The fourth-order valence-corrected chi connectivity index (χ4v) is 1.81. The van der Waals surface area contributed by atoms with E-state index in [1.807, 2.05) is 0 Å². The first-order valence-corrected chi connectivity index (χ1v) is 5.27. The Balaban J connectivity index is 2.54. The zero-order valence-corrected chi connectivity index (χ0v) is 9.55. The van der Waals surface area contributed by atoms with Crippen molar-refractivity contribution in [1.29, 1.82) is 0 Å². The number of halogens is 1. The zero-order valence-electron chi connectivity index (χ0n) is 6.33. The summed E-state index contributed by atoms with van der Waals surface area (Å²) in [7, 11) is 0. The van der Waals surface area contributed by atoms with Crippen LogP contribution in [0.1, 0.15) is 10.4 Å². The molecule has 0 saturated carbocycles. The van der Waals surface area contributed by atoms with Gasteiger partial charge >= 0.3 is 0 Å². The van der Waals surface area contributed by atoms with Gasteiger partial charge in [-0.25, -0.2) is 0 Å². The van der Waals surface area contributed by atoms with Crippen LogP contribution in [0, 0.1) is 0 Å². The second-order valence-corrected chi connectivity index (χ2v) is 4.81. The monoisotopic (exact) mass is 279 g/mol. The minimum absolute atomic E-state index is 0.0302. The third-order valence-corrected chi connectivity index (χ3v) is 2.74. The Hall–Kier alpha value is -0.660. The summed E-state index contributed by atoms with van der Waals surface area (Å²) in [5.74, 6) is -0.269. The number of carbonyl (C=O) groups excluding carboxylic acids is 1. The highest BCUT2D eigenvalue weighted by Gasteiger charge is 2.06. The number of thiophene rings is 1. The van der Waals surface area contributed by atoms with Crippen molar-refractivity contribution in [2.45, 2.75) is 0 Å². The van der Waals surface area contributed by atoms with Crippen LogP contribution in [0.25, 0.3) is 0 Å². The molecule has 0 aromatic carbocycles. The minimum Gasteiger partial charge on any atom is -0.375 e. The molecule has 0 spiro atoms. The lowest BCUT2D eigenvalue weighted by atomic mass is 10.3. The summed E-state index contributed by atoms with van der Waals surface area (Å²) in [5.41, 5.74) is 10.4. The standard InChI is InChI=1S/C6H6BrN3OS2/c7-4-1-3(2-13-4)5(11)9-10-6(8)12/h1-2H,(H,9,11)(H3,8,10,12). The molecule has 0 bridgehead atoms. The zero-order chi connectivity index (χ0) is 9.84. The van der Waals surface area contributed by atoms with Crippen LogP contribution in [-0.4, -0.2) is 11.0 Å². The van der Waals surface area contributed by atoms with Gasteiger partial charge in [0.2, 0.25) is 0 Å². The first kappa shape index (κ1) is 10.4. The summed E-state index contributed by atoms with van der Waals surface area (Å²) in [5, 5.41) is 1.75. The van der Waals surface area contributed by atoms with Crippen molar-refractivity contribution in [2.75, 3.05) is 0 Å². The van der Waals surface area contributed by atoms with Gasteiger partial charge in [0.15, 0.2) is 5.11 Å². The number of amides is 1. The number of thiocarbonyl (C=S) groups is 1. The van der Waals surface area contributed by atoms with E-state index in [0.29, 0.717) is 5.56 Å². The smallest absolute Gasteiger partial charge is 0.270 e. The number of hydrazine groups is 1. The summed E-state index contributed by atoms with van der Waals surface area (Å²) in [6.07, 6.45) is 0. The summed E-state index contributed by atoms with van der Waals surface area (Å²) >= 11 is 9.19. The third kappa shape index (κ3) is 3.29. The van der Waals surface area contributed by atoms with Gasteiger partial charge in [-0.2, -0.15) is 0 Å². The molecule has 1 aromatic rings. The maximum atomic E-state index is 11.3. The Morgan fingerprint density at radius 2 is 2.31 bits per heavy atom. The number of hydrogen-bond donors (Lipinski definition) is 3. The highest BCUT2D eigenvalue weighted by atomic mass is 79.9. The number of hydrogen-bond acceptors (Lipinski definition) is 3. The maximum Gasteiger partial charge on any atom is 0.270 e. The summed E-state index contributed by atoms with van der Waals surface area (Å²) in [4.78, 5) is 11.3. The van der Waals surface area contributed by atoms with E-state index >= 15 is 0 Å². The van der Waals surface area contributed by atoms with Gasteiger partial charge in [-0.05, 0) is 34.2 Å². The molecule has 4 N–H and O–H groups in total. The first-order chi connectivity index (χ1) is 6.09. The number of nitrogens with one attached hydrogen (secondary N) is 2. The molecular weight excluding hydrogens is 274 g/mol. The summed E-state index contributed by atoms with van der Waals surface area (Å²) < 4.78 is 0.896. The van der Waals surface area contributed by atoms with E-state index in [1.165, 1.54) is 11.3 Å². The highest BCUT2D eigenvalue weighted by molar-refractivity contribution is 9.11. The van der Waals surface area contributed by atoms with E-state index < -0.39 is 0 Å². The Bertz CT molecular complexity index is 338. The van der Waals surface area contributed by atoms with E-state index in [4.69, 9.17) is 5.73 Å². The van der Waals surface area contributed by atoms with E-state index in [1.54, 1.807) is 11.4 Å². The molecule has 1 amide bonds. The quantitative estimate of drug-likeness (QED) is 0.530. The molecule has 1 heterocycles. The predicted octanol–water partition coefficient (Wildman–Crippen LogP) is 0.989. The Morgan fingerprint density at radius 1 is 1.62 bits per heavy atom. The van der Waals surface area contributed by atoms with E-state index in [2.05, 4.69) is 39.0 Å². The molecule has 0 fully saturated rings. The van der Waals surface area contributed by atoms with Crippen molar-refractivity contribution < 1.29 is 4.79 Å². The largest absolute Gasteiger partial charge is 0.375 e. The lowest BCUT2D eigenvalue weighted by Gasteiger charge is -2.03. The van der Waals surface area contributed by atoms with E-state index in [9.17, 15) is 4.79 Å². The molecule has 0 aliphatic carbocycles. The number of carbonyl (C=O) groups is 1. The van der Waals surface area contributed by atoms with Crippen molar-refractivity contribution in [2.24, 2.45) is 5.73 Å². The van der Waals surface area contributed by atoms with Gasteiger partial charge in [0, 0.05) is 5.38 Å². The minimum atomic E-state index is -0.269. The van der Waals surface area contributed by atoms with Crippen LogP contribution in [0.15, 0.2) is 15.2 Å². The van der Waals surface area contributed by atoms with Gasteiger partial charge in [0.1, 0.15) is 0 Å². The third-order valence-electron chi connectivity index (χ3n) is 1.13. The molecule has 0 radical (unpaired) electrons. The Morgan fingerprint density at radius 3 is 2.77 bits per heavy atom. The highest BCUT2D eigenvalue weighted by Crippen LogP contribution is 2.20. The molecule has 0 unspecified atom stereocenters. The van der Waals surface area contributed by atoms with Crippen LogP contribution >= 0.6 is 39.5 Å². The molecule has 70 valence electrons. The normalized spacial score (nSPS) is 9.31. The molecule has 0 saturated heterocycles. The summed E-state index contributed by atoms with van der Waals surface area (Å²) in [6, 6.07) is 1.71. The van der Waals surface area contributed by atoms with Crippen LogP contribution in [0.3, 0.4) is 0 Å². The Kier molecular flexibility index (Phi) is 3.64. The van der Waals surface area contributed by atoms with Crippen molar-refractivity contribution in [3.05, 3.63) is 20.8 Å². The van der Waals surface area contributed by atoms with E-state index in [-0.39, 0.29) is 11.0 Å². The van der Waals surface area contributed by atoms with Crippen molar-refractivity contribution in [1.82, 2.24) is 10.9 Å². The van der Waals surface area contributed by atoms with Gasteiger partial charge in [-0.1, -0.05) is 0 Å². The second-order valence-electron chi connectivity index (χ2n) is 2.08. The van der Waals surface area contributed by atoms with Gasteiger partial charge in [-0.15, -0.1) is 11.3 Å². The van der Waals surface area contributed by atoms with Crippen molar-refractivity contribution in [3.8, 4) is 0 Å². The van der Waals surface area contributed by atoms with Gasteiger partial charge in [0.05, 0.1) is 9.35 Å². The lowest BCUT2D eigenvalue weighted by Crippen LogP contribution is -2.44. The van der Waals surface area contributed by atoms with Crippen LogP contribution in [0.5, 0.6) is 0 Å². The molecule has 13 heavy (non-hydrogen) atoms.